The smallest absolute Gasteiger partial charge is 0.162 e. The van der Waals surface area contributed by atoms with Crippen LogP contribution in [0.5, 0.6) is 11.5 Å². The second-order valence-corrected chi connectivity index (χ2v) is 9.19. The van der Waals surface area contributed by atoms with E-state index in [0.29, 0.717) is 12.3 Å². The number of aromatic nitrogens is 1. The number of hydrogen-bond donors (Lipinski definition) is 1. The lowest BCUT2D eigenvalue weighted by molar-refractivity contribution is 0.217. The minimum Gasteiger partial charge on any atom is -0.504 e. The summed E-state index contributed by atoms with van der Waals surface area (Å²) in [5, 5.41) is 10.7. The SMILES string of the molecule is COc1cccc(CN2CCCn3cccc3[C@H]2c2ccc(C(C)(C)C)cc2)c1O. The molecule has 1 atom stereocenters. The van der Waals surface area contributed by atoms with Gasteiger partial charge >= 0.3 is 0 Å². The molecular weight excluding hydrogens is 372 g/mol. The Hall–Kier alpha value is -2.72. The van der Waals surface area contributed by atoms with Crippen molar-refractivity contribution in [2.45, 2.75) is 51.7 Å². The van der Waals surface area contributed by atoms with Gasteiger partial charge in [0, 0.05) is 37.1 Å². The first-order valence-corrected chi connectivity index (χ1v) is 10.7. The van der Waals surface area contributed by atoms with Crippen molar-refractivity contribution in [2.24, 2.45) is 0 Å². The molecule has 0 unspecified atom stereocenters. The zero-order valence-electron chi connectivity index (χ0n) is 18.4. The largest absolute Gasteiger partial charge is 0.504 e. The van der Waals surface area contributed by atoms with Crippen molar-refractivity contribution in [3.63, 3.8) is 0 Å². The number of aryl methyl sites for hydroxylation is 1. The lowest BCUT2D eigenvalue weighted by atomic mass is 9.86. The molecule has 30 heavy (non-hydrogen) atoms. The maximum atomic E-state index is 10.7. The van der Waals surface area contributed by atoms with E-state index in [1.165, 1.54) is 16.8 Å². The Labute approximate surface area is 179 Å². The van der Waals surface area contributed by atoms with E-state index in [9.17, 15) is 5.11 Å². The van der Waals surface area contributed by atoms with E-state index >= 15 is 0 Å². The first-order chi connectivity index (χ1) is 14.4. The van der Waals surface area contributed by atoms with Gasteiger partial charge in [-0.1, -0.05) is 57.2 Å². The molecule has 0 saturated heterocycles. The van der Waals surface area contributed by atoms with Crippen LogP contribution in [0.2, 0.25) is 0 Å². The molecule has 0 spiro atoms. The third kappa shape index (κ3) is 3.97. The summed E-state index contributed by atoms with van der Waals surface area (Å²) in [5.74, 6) is 0.762. The van der Waals surface area contributed by atoms with Crippen LogP contribution in [0.3, 0.4) is 0 Å². The van der Waals surface area contributed by atoms with Gasteiger partial charge in [0.1, 0.15) is 0 Å². The molecule has 2 aromatic carbocycles. The van der Waals surface area contributed by atoms with Crippen molar-refractivity contribution in [3.8, 4) is 11.5 Å². The van der Waals surface area contributed by atoms with Crippen molar-refractivity contribution in [1.82, 2.24) is 9.47 Å². The third-order valence-electron chi connectivity index (χ3n) is 6.12. The van der Waals surface area contributed by atoms with Crippen molar-refractivity contribution < 1.29 is 9.84 Å². The molecule has 0 bridgehead atoms. The summed E-state index contributed by atoms with van der Waals surface area (Å²) in [4.78, 5) is 2.47. The summed E-state index contributed by atoms with van der Waals surface area (Å²) in [6.45, 7) is 9.38. The van der Waals surface area contributed by atoms with Crippen LogP contribution >= 0.6 is 0 Å². The van der Waals surface area contributed by atoms with E-state index in [4.69, 9.17) is 4.74 Å². The molecule has 4 rings (SSSR count). The summed E-state index contributed by atoms with van der Waals surface area (Å²) in [6.07, 6.45) is 3.25. The van der Waals surface area contributed by atoms with Crippen LogP contribution in [0.25, 0.3) is 0 Å². The van der Waals surface area contributed by atoms with Crippen LogP contribution in [0.4, 0.5) is 0 Å². The molecular formula is C26H32N2O2. The Kier molecular flexibility index (Phi) is 5.61. The standard InChI is InChI=1S/C26H32N2O2/c1-26(2,3)21-13-11-19(12-14-21)24-22-9-6-15-27(22)16-7-17-28(24)18-20-8-5-10-23(30-4)25(20)29/h5-6,8-15,24,29H,7,16-18H2,1-4H3/t24-/m1/s1. The number of aromatic hydroxyl groups is 1. The molecule has 4 heteroatoms. The number of hydrogen-bond acceptors (Lipinski definition) is 3. The first-order valence-electron chi connectivity index (χ1n) is 10.7. The Morgan fingerprint density at radius 2 is 1.77 bits per heavy atom. The predicted molar refractivity (Wildman–Crippen MR) is 121 cm³/mol. The predicted octanol–water partition coefficient (Wildman–Crippen LogP) is 5.50. The average Bonchev–Trinajstić information content (AvgIpc) is 3.10. The molecule has 1 aliphatic rings. The number of methoxy groups -OCH3 is 1. The minimum atomic E-state index is 0.133. The highest BCUT2D eigenvalue weighted by Crippen LogP contribution is 2.37. The van der Waals surface area contributed by atoms with E-state index in [-0.39, 0.29) is 17.2 Å². The van der Waals surface area contributed by atoms with E-state index in [2.05, 4.69) is 72.8 Å². The monoisotopic (exact) mass is 404 g/mol. The van der Waals surface area contributed by atoms with Crippen LogP contribution in [0, 0.1) is 0 Å². The molecule has 0 amide bonds. The molecule has 1 aromatic heterocycles. The fourth-order valence-corrected chi connectivity index (χ4v) is 4.44. The zero-order valence-corrected chi connectivity index (χ0v) is 18.4. The van der Waals surface area contributed by atoms with Gasteiger partial charge in [0.05, 0.1) is 13.2 Å². The molecule has 2 heterocycles. The molecule has 0 radical (unpaired) electrons. The molecule has 4 nitrogen and oxygen atoms in total. The molecule has 1 aliphatic heterocycles. The normalized spacial score (nSPS) is 17.4. The van der Waals surface area contributed by atoms with E-state index in [1.807, 2.05) is 12.1 Å². The van der Waals surface area contributed by atoms with Gasteiger partial charge in [-0.3, -0.25) is 4.90 Å². The minimum absolute atomic E-state index is 0.133. The zero-order chi connectivity index (χ0) is 21.3. The summed E-state index contributed by atoms with van der Waals surface area (Å²) < 4.78 is 7.70. The number of ether oxygens (including phenoxy) is 1. The number of phenolic OH excluding ortho intramolecular Hbond substituents is 1. The molecule has 3 aromatic rings. The fourth-order valence-electron chi connectivity index (χ4n) is 4.44. The number of phenols is 1. The Morgan fingerprint density at radius 1 is 1.00 bits per heavy atom. The number of rotatable bonds is 4. The third-order valence-corrected chi connectivity index (χ3v) is 6.12. The Bertz CT molecular complexity index is 999. The van der Waals surface area contributed by atoms with Gasteiger partial charge in [0.2, 0.25) is 0 Å². The van der Waals surface area contributed by atoms with E-state index in [0.717, 1.165) is 25.1 Å². The van der Waals surface area contributed by atoms with Crippen molar-refractivity contribution >= 4 is 0 Å². The van der Waals surface area contributed by atoms with Crippen LogP contribution in [-0.2, 0) is 18.5 Å². The number of para-hydroxylation sites is 1. The Morgan fingerprint density at radius 3 is 2.47 bits per heavy atom. The molecule has 0 aliphatic carbocycles. The maximum Gasteiger partial charge on any atom is 0.162 e. The van der Waals surface area contributed by atoms with E-state index < -0.39 is 0 Å². The molecule has 158 valence electrons. The number of benzene rings is 2. The second kappa shape index (κ2) is 8.19. The highest BCUT2D eigenvalue weighted by Gasteiger charge is 2.28. The average molecular weight is 405 g/mol. The molecule has 0 fully saturated rings. The summed E-state index contributed by atoms with van der Waals surface area (Å²) in [7, 11) is 1.59. The molecule has 1 N–H and O–H groups in total. The van der Waals surface area contributed by atoms with E-state index in [1.54, 1.807) is 13.2 Å². The van der Waals surface area contributed by atoms with Gasteiger partial charge in [0.15, 0.2) is 11.5 Å². The van der Waals surface area contributed by atoms with Crippen molar-refractivity contribution in [3.05, 3.63) is 83.2 Å². The summed E-state index contributed by atoms with van der Waals surface area (Å²) >= 11 is 0. The van der Waals surface area contributed by atoms with Crippen molar-refractivity contribution in [2.75, 3.05) is 13.7 Å². The second-order valence-electron chi connectivity index (χ2n) is 9.19. The van der Waals surface area contributed by atoms with Crippen LogP contribution in [0.15, 0.2) is 60.8 Å². The van der Waals surface area contributed by atoms with Gasteiger partial charge in [-0.2, -0.15) is 0 Å². The molecule has 0 saturated carbocycles. The summed E-state index contributed by atoms with van der Waals surface area (Å²) in [6, 6.07) is 19.3. The fraction of sp³-hybridized carbons (Fsp3) is 0.385. The Balaban J connectivity index is 1.73. The van der Waals surface area contributed by atoms with Crippen LogP contribution in [-0.4, -0.2) is 28.2 Å². The highest BCUT2D eigenvalue weighted by atomic mass is 16.5. The van der Waals surface area contributed by atoms with Gasteiger partial charge in [0.25, 0.3) is 0 Å². The van der Waals surface area contributed by atoms with Gasteiger partial charge in [-0.15, -0.1) is 0 Å². The first kappa shape index (κ1) is 20.5. The van der Waals surface area contributed by atoms with Crippen molar-refractivity contribution in [1.29, 1.82) is 0 Å². The van der Waals surface area contributed by atoms with Crippen LogP contribution in [0.1, 0.15) is 55.6 Å². The summed E-state index contributed by atoms with van der Waals surface area (Å²) in [5.41, 5.74) is 4.96. The van der Waals surface area contributed by atoms with Gasteiger partial charge < -0.3 is 14.4 Å². The number of nitrogens with zero attached hydrogens (tertiary/aromatic N) is 2. The number of fused-ring (bicyclic) bond motifs is 1. The van der Waals surface area contributed by atoms with Gasteiger partial charge in [-0.25, -0.2) is 0 Å². The maximum absolute atomic E-state index is 10.7. The van der Waals surface area contributed by atoms with Gasteiger partial charge in [-0.05, 0) is 41.2 Å². The lowest BCUT2D eigenvalue weighted by Crippen LogP contribution is -2.29. The lowest BCUT2D eigenvalue weighted by Gasteiger charge is -2.31. The topological polar surface area (TPSA) is 37.6 Å². The quantitative estimate of drug-likeness (QED) is 0.624. The highest BCUT2D eigenvalue weighted by molar-refractivity contribution is 5.45. The van der Waals surface area contributed by atoms with Crippen LogP contribution < -0.4 is 4.74 Å².